The van der Waals surface area contributed by atoms with Crippen LogP contribution in [0.3, 0.4) is 0 Å². The smallest absolute Gasteiger partial charge is 0.220 e. The lowest BCUT2D eigenvalue weighted by molar-refractivity contribution is -0.136. The molecule has 5 heteroatoms. The molecule has 1 amide bonds. The van der Waals surface area contributed by atoms with Gasteiger partial charge in [0.15, 0.2) is 11.5 Å². The summed E-state index contributed by atoms with van der Waals surface area (Å²) in [7, 11) is 3.15. The lowest BCUT2D eigenvalue weighted by Crippen LogP contribution is -2.44. The van der Waals surface area contributed by atoms with Crippen LogP contribution in [0.4, 0.5) is 0 Å². The Bertz CT molecular complexity index is 489. The maximum Gasteiger partial charge on any atom is 0.220 e. The quantitative estimate of drug-likeness (QED) is 0.915. The molecule has 0 spiro atoms. The molecule has 2 atom stereocenters. The molecule has 0 saturated carbocycles. The van der Waals surface area contributed by atoms with E-state index in [9.17, 15) is 9.90 Å². The van der Waals surface area contributed by atoms with Crippen molar-refractivity contribution in [3.05, 3.63) is 23.8 Å². The first kappa shape index (κ1) is 14.7. The number of carbonyl (C=O) groups excluding carboxylic acids is 1. The molecule has 1 aliphatic heterocycles. The summed E-state index contributed by atoms with van der Waals surface area (Å²) in [6, 6.07) is 5.18. The molecule has 2 unspecified atom stereocenters. The van der Waals surface area contributed by atoms with E-state index in [1.54, 1.807) is 25.2 Å². The van der Waals surface area contributed by atoms with Gasteiger partial charge in [0, 0.05) is 13.5 Å². The fourth-order valence-corrected chi connectivity index (χ4v) is 2.77. The van der Waals surface area contributed by atoms with Gasteiger partial charge in [-0.15, -0.1) is 0 Å². The highest BCUT2D eigenvalue weighted by molar-refractivity contribution is 5.74. The maximum absolute atomic E-state index is 11.8. The number of hydrogen-bond donors (Lipinski definition) is 1. The number of aliphatic hydroxyl groups is 1. The van der Waals surface area contributed by atoms with Gasteiger partial charge in [-0.1, -0.05) is 6.07 Å². The van der Waals surface area contributed by atoms with Gasteiger partial charge >= 0.3 is 0 Å². The van der Waals surface area contributed by atoms with E-state index in [-0.39, 0.29) is 11.9 Å². The third-order valence-corrected chi connectivity index (χ3v) is 3.75. The average molecular weight is 279 g/mol. The maximum atomic E-state index is 11.8. The van der Waals surface area contributed by atoms with Crippen LogP contribution in [0.5, 0.6) is 11.5 Å². The summed E-state index contributed by atoms with van der Waals surface area (Å²) >= 11 is 0. The largest absolute Gasteiger partial charge is 0.493 e. The van der Waals surface area contributed by atoms with Crippen molar-refractivity contribution in [1.29, 1.82) is 0 Å². The second-order valence-corrected chi connectivity index (χ2v) is 4.98. The monoisotopic (exact) mass is 279 g/mol. The van der Waals surface area contributed by atoms with Gasteiger partial charge in [-0.3, -0.25) is 4.79 Å². The molecule has 20 heavy (non-hydrogen) atoms. The topological polar surface area (TPSA) is 59.0 Å². The van der Waals surface area contributed by atoms with Crippen molar-refractivity contribution in [2.24, 2.45) is 0 Å². The normalized spacial score (nSPS) is 22.5. The minimum Gasteiger partial charge on any atom is -0.493 e. The zero-order chi connectivity index (χ0) is 14.7. The van der Waals surface area contributed by atoms with Crippen molar-refractivity contribution in [2.75, 3.05) is 20.8 Å². The van der Waals surface area contributed by atoms with Crippen LogP contribution >= 0.6 is 0 Å². The summed E-state index contributed by atoms with van der Waals surface area (Å²) in [6.45, 7) is 2.21. The second-order valence-electron chi connectivity index (χ2n) is 4.98. The molecule has 1 aliphatic rings. The number of hydrogen-bond acceptors (Lipinski definition) is 4. The minimum atomic E-state index is -0.550. The Kier molecular flexibility index (Phi) is 4.49. The third-order valence-electron chi connectivity index (χ3n) is 3.75. The molecule has 1 aromatic carbocycles. The highest BCUT2D eigenvalue weighted by atomic mass is 16.5. The fourth-order valence-electron chi connectivity index (χ4n) is 2.77. The number of rotatable bonds is 3. The zero-order valence-corrected chi connectivity index (χ0v) is 12.1. The van der Waals surface area contributed by atoms with Crippen LogP contribution < -0.4 is 9.47 Å². The fraction of sp³-hybridized carbons (Fsp3) is 0.533. The van der Waals surface area contributed by atoms with Crippen molar-refractivity contribution in [3.63, 3.8) is 0 Å². The highest BCUT2D eigenvalue weighted by Gasteiger charge is 2.33. The number of nitrogens with zero attached hydrogens (tertiary/aromatic N) is 1. The summed E-state index contributed by atoms with van der Waals surface area (Å²) in [4.78, 5) is 13.5. The second kappa shape index (κ2) is 6.13. The third kappa shape index (κ3) is 2.72. The summed E-state index contributed by atoms with van der Waals surface area (Å²) in [6.07, 6.45) is 0.971. The molecule has 1 N–H and O–H groups in total. The van der Waals surface area contributed by atoms with E-state index in [1.807, 2.05) is 12.1 Å². The van der Waals surface area contributed by atoms with Crippen molar-refractivity contribution >= 4 is 5.91 Å². The molecule has 0 radical (unpaired) electrons. The van der Waals surface area contributed by atoms with Crippen LogP contribution in [0.2, 0.25) is 0 Å². The van der Waals surface area contributed by atoms with Crippen LogP contribution in [-0.4, -0.2) is 42.8 Å². The van der Waals surface area contributed by atoms with E-state index in [4.69, 9.17) is 9.47 Å². The standard InChI is InChI=1S/C15H21NO4/c1-10(17)16-8-4-5-12(18)15(16)11-6-7-13(19-2)14(9-11)20-3/h6-7,9,12,15,18H,4-5,8H2,1-3H3. The van der Waals surface area contributed by atoms with Gasteiger partial charge in [-0.2, -0.15) is 0 Å². The van der Waals surface area contributed by atoms with E-state index in [0.717, 1.165) is 12.0 Å². The van der Waals surface area contributed by atoms with E-state index in [2.05, 4.69) is 0 Å². The predicted octanol–water partition coefficient (Wildman–Crippen LogP) is 1.75. The van der Waals surface area contributed by atoms with Crippen LogP contribution in [0.25, 0.3) is 0 Å². The number of likely N-dealkylation sites (tertiary alicyclic amines) is 1. The van der Waals surface area contributed by atoms with E-state index < -0.39 is 6.10 Å². The van der Waals surface area contributed by atoms with E-state index >= 15 is 0 Å². The SMILES string of the molecule is COc1ccc(C2C(O)CCCN2C(C)=O)cc1OC. The molecule has 1 saturated heterocycles. The van der Waals surface area contributed by atoms with Gasteiger partial charge in [0.2, 0.25) is 5.91 Å². The van der Waals surface area contributed by atoms with Gasteiger partial charge < -0.3 is 19.5 Å². The Morgan fingerprint density at radius 3 is 2.60 bits per heavy atom. The molecule has 0 aliphatic carbocycles. The van der Waals surface area contributed by atoms with Gasteiger partial charge in [0.25, 0.3) is 0 Å². The number of carbonyl (C=O) groups is 1. The summed E-state index contributed by atoms with van der Waals surface area (Å²) in [5.74, 6) is 1.21. The van der Waals surface area contributed by atoms with Crippen molar-refractivity contribution in [2.45, 2.75) is 31.9 Å². The van der Waals surface area contributed by atoms with Gasteiger partial charge in [0.1, 0.15) is 0 Å². The van der Waals surface area contributed by atoms with Crippen molar-refractivity contribution in [1.82, 2.24) is 4.90 Å². The summed E-state index contributed by atoms with van der Waals surface area (Å²) < 4.78 is 10.5. The number of benzene rings is 1. The lowest BCUT2D eigenvalue weighted by atomic mass is 9.92. The lowest BCUT2D eigenvalue weighted by Gasteiger charge is -2.39. The van der Waals surface area contributed by atoms with E-state index in [1.165, 1.54) is 6.92 Å². The first-order valence-electron chi connectivity index (χ1n) is 6.75. The van der Waals surface area contributed by atoms with Gasteiger partial charge in [-0.05, 0) is 30.5 Å². The van der Waals surface area contributed by atoms with E-state index in [0.29, 0.717) is 24.5 Å². The molecule has 110 valence electrons. The number of methoxy groups -OCH3 is 2. The Morgan fingerprint density at radius 1 is 1.30 bits per heavy atom. The Balaban J connectivity index is 2.38. The summed E-state index contributed by atoms with van der Waals surface area (Å²) in [5.41, 5.74) is 0.866. The van der Waals surface area contributed by atoms with Crippen LogP contribution in [0, 0.1) is 0 Å². The Labute approximate surface area is 119 Å². The van der Waals surface area contributed by atoms with Crippen LogP contribution in [-0.2, 0) is 4.79 Å². The molecule has 1 aromatic rings. The molecule has 0 aromatic heterocycles. The minimum absolute atomic E-state index is 0.0245. The highest BCUT2D eigenvalue weighted by Crippen LogP contribution is 2.36. The Morgan fingerprint density at radius 2 is 2.00 bits per heavy atom. The number of amides is 1. The summed E-state index contributed by atoms with van der Waals surface area (Å²) in [5, 5.41) is 10.3. The van der Waals surface area contributed by atoms with Crippen molar-refractivity contribution in [3.8, 4) is 11.5 Å². The molecule has 2 rings (SSSR count). The van der Waals surface area contributed by atoms with Crippen molar-refractivity contribution < 1.29 is 19.4 Å². The van der Waals surface area contributed by atoms with Crippen LogP contribution in [0.15, 0.2) is 18.2 Å². The van der Waals surface area contributed by atoms with Gasteiger partial charge in [0.05, 0.1) is 26.4 Å². The molecule has 1 heterocycles. The molecule has 0 bridgehead atoms. The number of aliphatic hydroxyl groups excluding tert-OH is 1. The molecule has 5 nitrogen and oxygen atoms in total. The zero-order valence-electron chi connectivity index (χ0n) is 12.1. The molecular weight excluding hydrogens is 258 g/mol. The average Bonchev–Trinajstić information content (AvgIpc) is 2.46. The molecular formula is C15H21NO4. The van der Waals surface area contributed by atoms with Gasteiger partial charge in [-0.25, -0.2) is 0 Å². The predicted molar refractivity (Wildman–Crippen MR) is 74.9 cm³/mol. The van der Waals surface area contributed by atoms with Crippen LogP contribution in [0.1, 0.15) is 31.4 Å². The Hall–Kier alpha value is -1.75. The first-order valence-corrected chi connectivity index (χ1v) is 6.75. The number of ether oxygens (including phenoxy) is 2. The number of piperidine rings is 1. The molecule has 1 fully saturated rings. The first-order chi connectivity index (χ1) is 9.58.